The Labute approximate surface area is 297 Å². The molecule has 50 heavy (non-hydrogen) atoms. The topological polar surface area (TPSA) is 71.1 Å². The molecule has 8 heteroatoms. The van der Waals surface area contributed by atoms with Crippen LogP contribution in [0.4, 0.5) is 4.39 Å². The van der Waals surface area contributed by atoms with Crippen molar-refractivity contribution in [3.8, 4) is 0 Å². The fraction of sp³-hybridized carbons (Fsp3) is 0.429. The Morgan fingerprint density at radius 1 is 0.980 bits per heavy atom. The van der Waals surface area contributed by atoms with E-state index in [1.807, 2.05) is 24.3 Å². The van der Waals surface area contributed by atoms with Crippen LogP contribution in [0.1, 0.15) is 78.4 Å². The van der Waals surface area contributed by atoms with Crippen molar-refractivity contribution >= 4 is 36.2 Å². The molecule has 266 valence electrons. The monoisotopic (exact) mass is 698 g/mol. The number of carbonyl (C=O) groups excluding carboxylic acids is 2. The van der Waals surface area contributed by atoms with E-state index in [9.17, 15) is 14.0 Å². The SMILES string of the molecule is CCOC(=O)COC1CC(c2ccc(F)c(C)c2)=C(/C=C/[C@H]2C[C@H](O[Si](c3ccccc3)(c3ccccc3)C(C)(C)C)CC(=O)O2)C(C)(C)C1. The number of allylic oxidation sites excluding steroid dienone is 2. The van der Waals surface area contributed by atoms with Crippen LogP contribution in [-0.4, -0.2) is 51.8 Å². The summed E-state index contributed by atoms with van der Waals surface area (Å²) in [5, 5.41) is 2.10. The molecule has 1 fully saturated rings. The zero-order chi connectivity index (χ0) is 36.1. The van der Waals surface area contributed by atoms with Crippen LogP contribution in [0.3, 0.4) is 0 Å². The first-order chi connectivity index (χ1) is 23.7. The van der Waals surface area contributed by atoms with Crippen LogP contribution in [0, 0.1) is 18.2 Å². The summed E-state index contributed by atoms with van der Waals surface area (Å²) in [6.45, 7) is 14.7. The quantitative estimate of drug-likeness (QED) is 0.150. The van der Waals surface area contributed by atoms with Gasteiger partial charge in [0.1, 0.15) is 18.5 Å². The molecule has 1 aliphatic heterocycles. The Hall–Kier alpha value is -3.85. The number of rotatable bonds is 11. The molecule has 1 unspecified atom stereocenters. The van der Waals surface area contributed by atoms with Gasteiger partial charge in [-0.1, -0.05) is 107 Å². The fourth-order valence-electron chi connectivity index (χ4n) is 7.58. The lowest BCUT2D eigenvalue weighted by atomic mass is 9.69. The Morgan fingerprint density at radius 3 is 2.20 bits per heavy atom. The van der Waals surface area contributed by atoms with Gasteiger partial charge in [0.05, 0.1) is 25.2 Å². The number of hydrogen-bond donors (Lipinski definition) is 0. The third-order valence-corrected chi connectivity index (χ3v) is 15.0. The number of halogens is 1. The highest BCUT2D eigenvalue weighted by Crippen LogP contribution is 2.46. The standard InChI is InChI=1S/C42H51FO6Si/c1-8-46-40(45)28-47-33-25-36(30-19-22-38(43)29(2)23-30)37(42(6,7)27-33)21-20-31-24-32(26-39(44)48-31)49-50(41(3,4)5,34-15-11-9-12-16-34)35-17-13-10-14-18-35/h9-23,31-33H,8,24-28H2,1-7H3/b21-20+/t31-,32-,33?/m0/s1. The summed E-state index contributed by atoms with van der Waals surface area (Å²) in [4.78, 5) is 25.3. The predicted molar refractivity (Wildman–Crippen MR) is 198 cm³/mol. The van der Waals surface area contributed by atoms with Gasteiger partial charge >= 0.3 is 11.9 Å². The molecule has 3 aromatic carbocycles. The van der Waals surface area contributed by atoms with Gasteiger partial charge in [0.15, 0.2) is 0 Å². The number of esters is 2. The first-order valence-electron chi connectivity index (χ1n) is 17.7. The van der Waals surface area contributed by atoms with Crippen LogP contribution in [0.15, 0.2) is 96.6 Å². The van der Waals surface area contributed by atoms with Crippen molar-refractivity contribution in [2.45, 2.75) is 97.5 Å². The van der Waals surface area contributed by atoms with Crippen molar-refractivity contribution < 1.29 is 32.6 Å². The molecular weight excluding hydrogens is 648 g/mol. The number of cyclic esters (lactones) is 1. The molecule has 6 nitrogen and oxygen atoms in total. The number of hydrogen-bond acceptors (Lipinski definition) is 6. The lowest BCUT2D eigenvalue weighted by molar-refractivity contribution is -0.156. The normalized spacial score (nSPS) is 21.3. The van der Waals surface area contributed by atoms with Crippen LogP contribution in [0.25, 0.3) is 5.57 Å². The predicted octanol–water partition coefficient (Wildman–Crippen LogP) is 7.86. The number of benzene rings is 3. The van der Waals surface area contributed by atoms with Gasteiger partial charge in [-0.3, -0.25) is 4.79 Å². The van der Waals surface area contributed by atoms with E-state index in [1.165, 1.54) is 6.07 Å². The van der Waals surface area contributed by atoms with Crippen LogP contribution in [0.2, 0.25) is 5.04 Å². The molecule has 0 N–H and O–H groups in total. The average molecular weight is 699 g/mol. The van der Waals surface area contributed by atoms with Crippen molar-refractivity contribution in [3.63, 3.8) is 0 Å². The maximum Gasteiger partial charge on any atom is 0.332 e. The van der Waals surface area contributed by atoms with E-state index in [0.717, 1.165) is 27.1 Å². The lowest BCUT2D eigenvalue weighted by Gasteiger charge is -2.46. The number of carbonyl (C=O) groups is 2. The van der Waals surface area contributed by atoms with Crippen molar-refractivity contribution in [3.05, 3.63) is 114 Å². The molecule has 0 amide bonds. The minimum Gasteiger partial charge on any atom is -0.464 e. The highest BCUT2D eigenvalue weighted by atomic mass is 28.4. The van der Waals surface area contributed by atoms with Gasteiger partial charge in [0, 0.05) is 6.42 Å². The first-order valence-corrected chi connectivity index (χ1v) is 19.6. The highest BCUT2D eigenvalue weighted by molar-refractivity contribution is 6.99. The van der Waals surface area contributed by atoms with Gasteiger partial charge in [0.2, 0.25) is 0 Å². The number of ether oxygens (including phenoxy) is 3. The molecule has 2 aliphatic rings. The van der Waals surface area contributed by atoms with Crippen LogP contribution >= 0.6 is 0 Å². The van der Waals surface area contributed by atoms with Gasteiger partial charge in [0.25, 0.3) is 8.32 Å². The van der Waals surface area contributed by atoms with E-state index in [4.69, 9.17) is 18.6 Å². The molecule has 0 radical (unpaired) electrons. The maximum absolute atomic E-state index is 14.4. The minimum atomic E-state index is -2.89. The van der Waals surface area contributed by atoms with E-state index >= 15 is 0 Å². The number of aryl methyl sites for hydroxylation is 1. The molecule has 0 spiro atoms. The summed E-state index contributed by atoms with van der Waals surface area (Å²) in [7, 11) is -2.89. The molecule has 0 bridgehead atoms. The van der Waals surface area contributed by atoms with E-state index in [1.54, 1.807) is 19.9 Å². The maximum atomic E-state index is 14.4. The molecule has 0 aromatic heterocycles. The highest BCUT2D eigenvalue weighted by Gasteiger charge is 2.52. The summed E-state index contributed by atoms with van der Waals surface area (Å²) < 4.78 is 38.8. The van der Waals surface area contributed by atoms with Gasteiger partial charge in [-0.2, -0.15) is 0 Å². The molecule has 1 saturated heterocycles. The van der Waals surface area contributed by atoms with Crippen molar-refractivity contribution in [2.24, 2.45) is 5.41 Å². The van der Waals surface area contributed by atoms with Gasteiger partial charge in [-0.05, 0) is 88.0 Å². The van der Waals surface area contributed by atoms with Crippen LogP contribution in [0.5, 0.6) is 0 Å². The second-order valence-electron chi connectivity index (χ2n) is 15.1. The van der Waals surface area contributed by atoms with Crippen molar-refractivity contribution in [1.82, 2.24) is 0 Å². The van der Waals surface area contributed by atoms with Crippen molar-refractivity contribution in [2.75, 3.05) is 13.2 Å². The zero-order valence-corrected chi connectivity index (χ0v) is 31.5. The fourth-order valence-corrected chi connectivity index (χ4v) is 12.3. The summed E-state index contributed by atoms with van der Waals surface area (Å²) in [5.41, 5.74) is 3.15. The Balaban J connectivity index is 1.48. The lowest BCUT2D eigenvalue weighted by Crippen LogP contribution is -2.68. The molecule has 0 saturated carbocycles. The second kappa shape index (κ2) is 15.6. The zero-order valence-electron chi connectivity index (χ0n) is 30.5. The summed E-state index contributed by atoms with van der Waals surface area (Å²) >= 11 is 0. The van der Waals surface area contributed by atoms with Crippen LogP contribution in [-0.2, 0) is 28.2 Å². The minimum absolute atomic E-state index is 0.125. The van der Waals surface area contributed by atoms with E-state index in [2.05, 4.69) is 89.2 Å². The molecule has 1 aliphatic carbocycles. The smallest absolute Gasteiger partial charge is 0.332 e. The largest absolute Gasteiger partial charge is 0.464 e. The third kappa shape index (κ3) is 8.36. The Bertz CT molecular complexity index is 1670. The van der Waals surface area contributed by atoms with Crippen molar-refractivity contribution in [1.29, 1.82) is 0 Å². The Morgan fingerprint density at radius 2 is 1.62 bits per heavy atom. The average Bonchev–Trinajstić information content (AvgIpc) is 3.06. The van der Waals surface area contributed by atoms with E-state index in [-0.39, 0.29) is 47.5 Å². The Kier molecular flexibility index (Phi) is 11.7. The first kappa shape index (κ1) is 37.4. The second-order valence-corrected chi connectivity index (χ2v) is 19.4. The van der Waals surface area contributed by atoms with Gasteiger partial charge in [-0.25, -0.2) is 9.18 Å². The van der Waals surface area contributed by atoms with Gasteiger partial charge in [-0.15, -0.1) is 0 Å². The molecule has 5 rings (SSSR count). The molecule has 3 aromatic rings. The molecule has 3 atom stereocenters. The van der Waals surface area contributed by atoms with E-state index in [0.29, 0.717) is 31.4 Å². The molecule has 1 heterocycles. The molecular formula is C42H51FO6Si. The van der Waals surface area contributed by atoms with Gasteiger partial charge < -0.3 is 18.6 Å². The third-order valence-electron chi connectivity index (χ3n) is 9.88. The summed E-state index contributed by atoms with van der Waals surface area (Å²) in [5.74, 6) is -0.946. The van der Waals surface area contributed by atoms with E-state index < -0.39 is 20.4 Å². The summed E-state index contributed by atoms with van der Waals surface area (Å²) in [6.07, 6.45) is 4.90. The summed E-state index contributed by atoms with van der Waals surface area (Å²) in [6, 6.07) is 26.0. The van der Waals surface area contributed by atoms with Crippen LogP contribution < -0.4 is 10.4 Å².